The number of alkyl carbamates (subject to hydrolysis) is 1. The van der Waals surface area contributed by atoms with Gasteiger partial charge in [-0.25, -0.2) is 4.79 Å². The van der Waals surface area contributed by atoms with Gasteiger partial charge in [0.15, 0.2) is 0 Å². The molecule has 0 aromatic carbocycles. The fourth-order valence-corrected chi connectivity index (χ4v) is 2.40. The summed E-state index contributed by atoms with van der Waals surface area (Å²) < 4.78 is 10.5. The van der Waals surface area contributed by atoms with Crippen LogP contribution in [-0.2, 0) is 11.3 Å². The Morgan fingerprint density at radius 2 is 2.09 bits per heavy atom. The van der Waals surface area contributed by atoms with Crippen LogP contribution in [0.4, 0.5) is 4.79 Å². The summed E-state index contributed by atoms with van der Waals surface area (Å²) in [6.45, 7) is 10.9. The van der Waals surface area contributed by atoms with Crippen LogP contribution in [0.25, 0.3) is 0 Å². The molecule has 0 spiro atoms. The van der Waals surface area contributed by atoms with Crippen LogP contribution in [0.1, 0.15) is 50.6 Å². The van der Waals surface area contributed by atoms with E-state index >= 15 is 0 Å². The molecule has 2 N–H and O–H groups in total. The van der Waals surface area contributed by atoms with Crippen LogP contribution in [0.15, 0.2) is 4.52 Å². The molecule has 2 rings (SSSR count). The fraction of sp³-hybridized carbons (Fsp3) is 0.750. The minimum absolute atomic E-state index is 0.107. The van der Waals surface area contributed by atoms with E-state index in [9.17, 15) is 4.79 Å². The molecule has 1 fully saturated rings. The SMILES string of the molecule is Cc1noc(C)c1CNCC(NC(=O)OC(C)(C)C)C1CC1. The van der Waals surface area contributed by atoms with E-state index in [1.54, 1.807) is 0 Å². The lowest BCUT2D eigenvalue weighted by atomic mass is 10.1. The largest absolute Gasteiger partial charge is 0.444 e. The minimum Gasteiger partial charge on any atom is -0.444 e. The topological polar surface area (TPSA) is 76.4 Å². The number of aryl methyl sites for hydroxylation is 2. The van der Waals surface area contributed by atoms with Crippen LogP contribution in [0.5, 0.6) is 0 Å². The average molecular weight is 309 g/mol. The lowest BCUT2D eigenvalue weighted by molar-refractivity contribution is 0.0497. The Labute approximate surface area is 132 Å². The monoisotopic (exact) mass is 309 g/mol. The number of carbonyl (C=O) groups is 1. The molecule has 1 amide bonds. The van der Waals surface area contributed by atoms with Gasteiger partial charge < -0.3 is 19.9 Å². The summed E-state index contributed by atoms with van der Waals surface area (Å²) in [6, 6.07) is 0.107. The molecular weight excluding hydrogens is 282 g/mol. The van der Waals surface area contributed by atoms with Gasteiger partial charge in [-0.1, -0.05) is 5.16 Å². The molecule has 1 aromatic heterocycles. The van der Waals surface area contributed by atoms with Crippen molar-refractivity contribution in [2.24, 2.45) is 5.92 Å². The van der Waals surface area contributed by atoms with Gasteiger partial charge >= 0.3 is 6.09 Å². The number of hydrogen-bond donors (Lipinski definition) is 2. The predicted molar refractivity (Wildman–Crippen MR) is 83.6 cm³/mol. The van der Waals surface area contributed by atoms with Crippen molar-refractivity contribution in [2.45, 2.75) is 65.6 Å². The zero-order valence-corrected chi connectivity index (χ0v) is 14.2. The van der Waals surface area contributed by atoms with Crippen molar-refractivity contribution in [1.82, 2.24) is 15.8 Å². The van der Waals surface area contributed by atoms with Gasteiger partial charge in [0.05, 0.1) is 5.69 Å². The highest BCUT2D eigenvalue weighted by atomic mass is 16.6. The number of rotatable bonds is 6. The Balaban J connectivity index is 1.81. The lowest BCUT2D eigenvalue weighted by Gasteiger charge is -2.24. The van der Waals surface area contributed by atoms with E-state index in [1.165, 1.54) is 0 Å². The van der Waals surface area contributed by atoms with Crippen molar-refractivity contribution in [3.05, 3.63) is 17.0 Å². The molecule has 1 aromatic rings. The first-order valence-corrected chi connectivity index (χ1v) is 7.88. The molecule has 6 nitrogen and oxygen atoms in total. The summed E-state index contributed by atoms with van der Waals surface area (Å²) in [5, 5.41) is 10.3. The molecule has 0 bridgehead atoms. The summed E-state index contributed by atoms with van der Waals surface area (Å²) in [5.74, 6) is 1.39. The van der Waals surface area contributed by atoms with Crippen molar-refractivity contribution in [3.8, 4) is 0 Å². The third-order valence-corrected chi connectivity index (χ3v) is 3.74. The van der Waals surface area contributed by atoms with Crippen molar-refractivity contribution >= 4 is 6.09 Å². The van der Waals surface area contributed by atoms with E-state index < -0.39 is 5.60 Å². The minimum atomic E-state index is -0.470. The van der Waals surface area contributed by atoms with Gasteiger partial charge in [0.2, 0.25) is 0 Å². The second-order valence-corrected chi connectivity index (χ2v) is 7.02. The van der Waals surface area contributed by atoms with Gasteiger partial charge in [-0.2, -0.15) is 0 Å². The molecular formula is C16H27N3O3. The van der Waals surface area contributed by atoms with Gasteiger partial charge in [0.1, 0.15) is 11.4 Å². The molecule has 0 radical (unpaired) electrons. The van der Waals surface area contributed by atoms with Crippen LogP contribution >= 0.6 is 0 Å². The Morgan fingerprint density at radius 1 is 1.41 bits per heavy atom. The van der Waals surface area contributed by atoms with Crippen LogP contribution < -0.4 is 10.6 Å². The third kappa shape index (κ3) is 5.02. The summed E-state index contributed by atoms with van der Waals surface area (Å²) in [6.07, 6.45) is 1.98. The first-order valence-electron chi connectivity index (χ1n) is 7.88. The maximum Gasteiger partial charge on any atom is 0.407 e. The summed E-state index contributed by atoms with van der Waals surface area (Å²) in [4.78, 5) is 11.9. The Morgan fingerprint density at radius 3 is 2.59 bits per heavy atom. The van der Waals surface area contributed by atoms with Crippen molar-refractivity contribution in [1.29, 1.82) is 0 Å². The van der Waals surface area contributed by atoms with E-state index in [1.807, 2.05) is 34.6 Å². The van der Waals surface area contributed by atoms with E-state index in [-0.39, 0.29) is 12.1 Å². The number of ether oxygens (including phenoxy) is 1. The van der Waals surface area contributed by atoms with Crippen LogP contribution in [0.2, 0.25) is 0 Å². The van der Waals surface area contributed by atoms with E-state index in [0.29, 0.717) is 19.0 Å². The number of aromatic nitrogens is 1. The fourth-order valence-electron chi connectivity index (χ4n) is 2.40. The highest BCUT2D eigenvalue weighted by Gasteiger charge is 2.33. The maximum absolute atomic E-state index is 11.9. The summed E-state index contributed by atoms with van der Waals surface area (Å²) in [5.41, 5.74) is 1.53. The zero-order chi connectivity index (χ0) is 16.3. The zero-order valence-electron chi connectivity index (χ0n) is 14.2. The maximum atomic E-state index is 11.9. The van der Waals surface area contributed by atoms with E-state index in [0.717, 1.165) is 29.9 Å². The molecule has 1 atom stereocenters. The normalized spacial score (nSPS) is 16.4. The van der Waals surface area contributed by atoms with Crippen LogP contribution in [-0.4, -0.2) is 29.4 Å². The molecule has 1 unspecified atom stereocenters. The highest BCUT2D eigenvalue weighted by molar-refractivity contribution is 5.68. The van der Waals surface area contributed by atoms with E-state index in [2.05, 4.69) is 15.8 Å². The molecule has 1 aliphatic rings. The first-order chi connectivity index (χ1) is 10.3. The molecule has 124 valence electrons. The van der Waals surface area contributed by atoms with Gasteiger partial charge in [-0.05, 0) is 53.4 Å². The van der Waals surface area contributed by atoms with Crippen molar-refractivity contribution < 1.29 is 14.1 Å². The van der Waals surface area contributed by atoms with Crippen LogP contribution in [0.3, 0.4) is 0 Å². The Bertz CT molecular complexity index is 496. The number of nitrogens with one attached hydrogen (secondary N) is 2. The summed E-state index contributed by atoms with van der Waals surface area (Å²) in [7, 11) is 0. The average Bonchev–Trinajstić information content (AvgIpc) is 3.17. The second kappa shape index (κ2) is 6.69. The van der Waals surface area contributed by atoms with Crippen LogP contribution in [0, 0.1) is 19.8 Å². The number of hydrogen-bond acceptors (Lipinski definition) is 5. The lowest BCUT2D eigenvalue weighted by Crippen LogP contribution is -2.45. The Kier molecular flexibility index (Phi) is 5.11. The quantitative estimate of drug-likeness (QED) is 0.845. The molecule has 22 heavy (non-hydrogen) atoms. The second-order valence-electron chi connectivity index (χ2n) is 7.02. The van der Waals surface area contributed by atoms with Gasteiger partial charge in [-0.3, -0.25) is 0 Å². The molecule has 1 aliphatic carbocycles. The Hall–Kier alpha value is -1.56. The molecule has 1 heterocycles. The number of amides is 1. The summed E-state index contributed by atoms with van der Waals surface area (Å²) >= 11 is 0. The van der Waals surface area contributed by atoms with Crippen molar-refractivity contribution in [3.63, 3.8) is 0 Å². The number of nitrogens with zero attached hydrogens (tertiary/aromatic N) is 1. The predicted octanol–water partition coefficient (Wildman–Crippen LogP) is 2.68. The molecule has 0 saturated heterocycles. The molecule has 0 aliphatic heterocycles. The van der Waals surface area contributed by atoms with Crippen molar-refractivity contribution in [2.75, 3.05) is 6.54 Å². The van der Waals surface area contributed by atoms with Gasteiger partial charge in [0, 0.05) is 24.7 Å². The number of carbonyl (C=O) groups excluding carboxylic acids is 1. The smallest absolute Gasteiger partial charge is 0.407 e. The van der Waals surface area contributed by atoms with Gasteiger partial charge in [-0.15, -0.1) is 0 Å². The molecule has 1 saturated carbocycles. The van der Waals surface area contributed by atoms with Gasteiger partial charge in [0.25, 0.3) is 0 Å². The molecule has 6 heteroatoms. The van der Waals surface area contributed by atoms with E-state index in [4.69, 9.17) is 9.26 Å². The highest BCUT2D eigenvalue weighted by Crippen LogP contribution is 2.32. The standard InChI is InChI=1S/C16H27N3O3/c1-10-13(11(2)22-19-10)8-17-9-14(12-6-7-12)18-15(20)21-16(3,4)5/h12,14,17H,6-9H2,1-5H3,(H,18,20). The first kappa shape index (κ1) is 16.8. The third-order valence-electron chi connectivity index (χ3n) is 3.74.